The van der Waals surface area contributed by atoms with E-state index in [1.165, 1.54) is 103 Å². The van der Waals surface area contributed by atoms with Gasteiger partial charge in [0.25, 0.3) is 0 Å². The van der Waals surface area contributed by atoms with Crippen molar-refractivity contribution in [1.29, 1.82) is 0 Å². The Balaban J connectivity index is 5.45. The fourth-order valence-electron chi connectivity index (χ4n) is 10.6. The Bertz CT molecular complexity index is 2490. The minimum absolute atomic E-state index is 0.0632. The van der Waals surface area contributed by atoms with Crippen LogP contribution in [0.25, 0.3) is 0 Å². The van der Waals surface area contributed by atoms with Crippen LogP contribution in [0.3, 0.4) is 0 Å². The van der Waals surface area contributed by atoms with Gasteiger partial charge in [-0.1, -0.05) is 309 Å². The third kappa shape index (κ3) is 75.4. The fourth-order valence-corrected chi connectivity index (χ4v) is 12.1. The first-order chi connectivity index (χ1) is 50.7. The molecule has 0 radical (unpaired) electrons. The molecule has 0 rings (SSSR count). The fraction of sp³-hybridized carbons (Fsp3) is 0.694. The van der Waals surface area contributed by atoms with Gasteiger partial charge in [0.15, 0.2) is 12.2 Å². The van der Waals surface area contributed by atoms with Crippen LogP contribution < -0.4 is 0 Å². The second kappa shape index (κ2) is 76.4. The number of hydrogen-bond donors (Lipinski definition) is 3. The summed E-state index contributed by atoms with van der Waals surface area (Å²) in [6.45, 7) is 4.51. The number of allylic oxidation sites excluding steroid dienone is 21. The van der Waals surface area contributed by atoms with Crippen molar-refractivity contribution < 1.29 is 80.2 Å². The van der Waals surface area contributed by atoms with Crippen molar-refractivity contribution in [3.8, 4) is 0 Å². The van der Waals surface area contributed by atoms with Crippen LogP contribution in [0.5, 0.6) is 0 Å². The maximum Gasteiger partial charge on any atom is 0.472 e. The molecule has 596 valence electrons. The van der Waals surface area contributed by atoms with E-state index in [2.05, 4.69) is 137 Å². The van der Waals surface area contributed by atoms with Gasteiger partial charge >= 0.3 is 39.5 Å². The minimum Gasteiger partial charge on any atom is -0.462 e. The predicted molar refractivity (Wildman–Crippen MR) is 427 cm³/mol. The van der Waals surface area contributed by atoms with Crippen LogP contribution in [0.15, 0.2) is 134 Å². The van der Waals surface area contributed by atoms with Gasteiger partial charge in [0.1, 0.15) is 19.3 Å². The average molecular weight is 1500 g/mol. The Labute approximate surface area is 631 Å². The number of unbranched alkanes of at least 4 members (excludes halogenated alkanes) is 28. The van der Waals surface area contributed by atoms with Crippen LogP contribution in [0.2, 0.25) is 0 Å². The van der Waals surface area contributed by atoms with Gasteiger partial charge in [0.05, 0.1) is 32.8 Å². The number of phosphoric ester groups is 2. The number of carbonyl (C=O) groups is 4. The molecule has 0 heterocycles. The summed E-state index contributed by atoms with van der Waals surface area (Å²) in [6.07, 6.45) is 86.0. The summed E-state index contributed by atoms with van der Waals surface area (Å²) < 4.78 is 68.5. The molecule has 0 aromatic rings. The summed E-state index contributed by atoms with van der Waals surface area (Å²) in [5.74, 6) is -2.36. The smallest absolute Gasteiger partial charge is 0.462 e. The monoisotopic (exact) mass is 1500 g/mol. The van der Waals surface area contributed by atoms with Gasteiger partial charge in [-0.25, -0.2) is 9.13 Å². The first kappa shape index (κ1) is 99.2. The number of carbonyl (C=O) groups excluding carboxylic acids is 4. The van der Waals surface area contributed by atoms with Gasteiger partial charge in [-0.2, -0.15) is 0 Å². The maximum atomic E-state index is 13.1. The lowest BCUT2D eigenvalue weighted by Crippen LogP contribution is -2.30. The highest BCUT2D eigenvalue weighted by Crippen LogP contribution is 2.45. The van der Waals surface area contributed by atoms with Crippen LogP contribution in [0.4, 0.5) is 0 Å². The third-order valence-corrected chi connectivity index (χ3v) is 18.5. The number of phosphoric acid groups is 2. The quantitative estimate of drug-likeness (QED) is 0.0169. The molecule has 17 nitrogen and oxygen atoms in total. The van der Waals surface area contributed by atoms with E-state index >= 15 is 0 Å². The largest absolute Gasteiger partial charge is 0.472 e. The Morgan fingerprint density at radius 1 is 0.288 bits per heavy atom. The van der Waals surface area contributed by atoms with E-state index in [1.807, 2.05) is 18.2 Å². The molecule has 0 saturated carbocycles. The second-order valence-electron chi connectivity index (χ2n) is 26.6. The Kier molecular flexibility index (Phi) is 72.9. The van der Waals surface area contributed by atoms with Crippen molar-refractivity contribution >= 4 is 39.5 Å². The van der Waals surface area contributed by atoms with Crippen LogP contribution >= 0.6 is 15.6 Å². The highest BCUT2D eigenvalue weighted by Gasteiger charge is 2.30. The molecule has 5 atom stereocenters. The predicted octanol–water partition coefficient (Wildman–Crippen LogP) is 23.7. The Hall–Kier alpha value is -4.80. The topological polar surface area (TPSA) is 237 Å². The molecule has 0 fully saturated rings. The molecular weight excluding hydrogens is 1350 g/mol. The van der Waals surface area contributed by atoms with E-state index in [1.54, 1.807) is 6.08 Å². The summed E-state index contributed by atoms with van der Waals surface area (Å²) in [5.41, 5.74) is 0. The molecule has 0 amide bonds. The highest BCUT2D eigenvalue weighted by molar-refractivity contribution is 7.47. The molecule has 3 N–H and O–H groups in total. The molecule has 5 unspecified atom stereocenters. The molecule has 19 heteroatoms. The molecule has 0 aliphatic heterocycles. The number of hydrogen-bond acceptors (Lipinski definition) is 15. The van der Waals surface area contributed by atoms with Gasteiger partial charge < -0.3 is 33.8 Å². The second-order valence-corrected chi connectivity index (χ2v) is 29.5. The van der Waals surface area contributed by atoms with E-state index in [4.69, 9.17) is 37.0 Å². The molecule has 0 saturated heterocycles. The summed E-state index contributed by atoms with van der Waals surface area (Å²) >= 11 is 0. The zero-order valence-corrected chi connectivity index (χ0v) is 66.9. The molecule has 0 spiro atoms. The van der Waals surface area contributed by atoms with E-state index in [9.17, 15) is 43.2 Å². The van der Waals surface area contributed by atoms with Crippen molar-refractivity contribution in [1.82, 2.24) is 0 Å². The van der Waals surface area contributed by atoms with Crippen molar-refractivity contribution in [3.63, 3.8) is 0 Å². The molecule has 0 aliphatic rings. The van der Waals surface area contributed by atoms with Gasteiger partial charge in [-0.3, -0.25) is 37.3 Å². The maximum absolute atomic E-state index is 13.1. The first-order valence-electron chi connectivity index (χ1n) is 40.4. The minimum atomic E-state index is -5.00. The van der Waals surface area contributed by atoms with E-state index < -0.39 is 97.5 Å². The van der Waals surface area contributed by atoms with Crippen molar-refractivity contribution in [2.75, 3.05) is 39.6 Å². The first-order valence-corrected chi connectivity index (χ1v) is 43.4. The summed E-state index contributed by atoms with van der Waals surface area (Å²) in [5, 5.41) is 10.6. The van der Waals surface area contributed by atoms with Gasteiger partial charge in [-0.05, 0) is 122 Å². The van der Waals surface area contributed by atoms with Gasteiger partial charge in [-0.15, -0.1) is 0 Å². The van der Waals surface area contributed by atoms with Gasteiger partial charge in [0, 0.05) is 19.3 Å². The molecule has 0 aromatic carbocycles. The van der Waals surface area contributed by atoms with E-state index in [0.717, 1.165) is 141 Å². The zero-order valence-electron chi connectivity index (χ0n) is 65.2. The lowest BCUT2D eigenvalue weighted by Gasteiger charge is -2.21. The summed E-state index contributed by atoms with van der Waals surface area (Å²) in [4.78, 5) is 73.0. The Morgan fingerprint density at radius 3 is 0.875 bits per heavy atom. The van der Waals surface area contributed by atoms with Crippen molar-refractivity contribution in [2.45, 2.75) is 341 Å². The number of aliphatic hydroxyl groups is 1. The summed E-state index contributed by atoms with van der Waals surface area (Å²) in [6, 6.07) is 0. The number of rotatable bonds is 75. The SMILES string of the molecule is CC/C=C\C/C=C\C/C=C\C/C=C\C/C=C\CCCCCC(=O)OCC(COP(=O)(O)OCC(O)COP(=O)(O)OCC(COC(=O)C/C=C\C/C=C\C/C=C\C/C=C\C/C=C\CC)OC(=O)CCCCCCC/C=C\CCCCCCCC)OC(=O)CCCCCCCCCCCCCCCCC. The Morgan fingerprint density at radius 2 is 0.538 bits per heavy atom. The molecule has 0 aromatic heterocycles. The number of esters is 4. The number of ether oxygens (including phenoxy) is 4. The standard InChI is InChI=1S/C85H144O17P2/c1-5-9-13-17-21-25-29-33-37-38-39-40-44-46-50-54-58-62-66-70-83(88)96-76-81(102-85(90)72-68-64-60-56-52-48-43-36-32-28-24-20-16-12-8-4)78-100-104(93,94)98-74-79(86)73-97-103(91,92)99-77-80(101-84(89)71-67-63-59-55-51-47-42-35-31-27-23-19-15-11-7-3)75-95-82(87)69-65-61-57-53-49-45-41-34-30-26-22-18-14-10-6-2/h9-10,13-14,21-22,25-26,33-35,37,39-42,46,49-50,53,61,65,79-81,86H,5-8,11-12,15-20,23-24,27-32,36,38,43-45,47-48,51-52,54-60,62-64,66-78H2,1-4H3,(H,91,92)(H,93,94)/b13-9-,14-10-,25-21-,26-22-,37-33-,40-39-,41-34-,42-35-,50-46-,53-49-,65-61-. The zero-order chi connectivity index (χ0) is 76.0. The average Bonchev–Trinajstić information content (AvgIpc) is 0.918. The van der Waals surface area contributed by atoms with Crippen LogP contribution in [-0.4, -0.2) is 96.7 Å². The lowest BCUT2D eigenvalue weighted by atomic mass is 10.0. The van der Waals surface area contributed by atoms with Crippen molar-refractivity contribution in [3.05, 3.63) is 134 Å². The molecule has 0 bridgehead atoms. The normalized spacial score (nSPS) is 14.6. The molecular formula is C85H144O17P2. The van der Waals surface area contributed by atoms with Gasteiger partial charge in [0.2, 0.25) is 0 Å². The highest BCUT2D eigenvalue weighted by atomic mass is 31.2. The lowest BCUT2D eigenvalue weighted by molar-refractivity contribution is -0.161. The van der Waals surface area contributed by atoms with Crippen LogP contribution in [-0.2, 0) is 65.4 Å². The van der Waals surface area contributed by atoms with Crippen LogP contribution in [0, 0.1) is 0 Å². The van der Waals surface area contributed by atoms with E-state index in [0.29, 0.717) is 25.7 Å². The summed E-state index contributed by atoms with van der Waals surface area (Å²) in [7, 11) is -10.00. The third-order valence-electron chi connectivity index (χ3n) is 16.6. The number of aliphatic hydroxyl groups excluding tert-OH is 1. The molecule has 104 heavy (non-hydrogen) atoms. The van der Waals surface area contributed by atoms with E-state index in [-0.39, 0.29) is 25.7 Å². The van der Waals surface area contributed by atoms with Crippen molar-refractivity contribution in [2.24, 2.45) is 0 Å². The molecule has 0 aliphatic carbocycles. The van der Waals surface area contributed by atoms with Crippen LogP contribution in [0.1, 0.15) is 323 Å².